The van der Waals surface area contributed by atoms with Crippen LogP contribution in [0.3, 0.4) is 0 Å². The van der Waals surface area contributed by atoms with E-state index in [-0.39, 0.29) is 24.1 Å². The fourth-order valence-electron chi connectivity index (χ4n) is 1.56. The Kier molecular flexibility index (Phi) is 6.45. The van der Waals surface area contributed by atoms with Crippen molar-refractivity contribution in [2.24, 2.45) is 11.7 Å². The third-order valence-electron chi connectivity index (χ3n) is 2.61. The SMILES string of the molecule is COc1cc(F)ccc1[C@@H](N)[C@@H](O)C(C)C.Cl. The minimum absolute atomic E-state index is 0. The van der Waals surface area contributed by atoms with Gasteiger partial charge in [-0.05, 0) is 12.0 Å². The van der Waals surface area contributed by atoms with Crippen LogP contribution >= 0.6 is 12.4 Å². The standard InChI is InChI=1S/C12H18FNO2.ClH/c1-7(2)12(15)11(14)9-5-4-8(13)6-10(9)16-3;/h4-7,11-12,15H,14H2,1-3H3;1H/t11-,12+;/m1./s1. The second-order valence-corrected chi connectivity index (χ2v) is 4.15. The lowest BCUT2D eigenvalue weighted by atomic mass is 9.94. The fraction of sp³-hybridized carbons (Fsp3) is 0.500. The van der Waals surface area contributed by atoms with Gasteiger partial charge in [0.1, 0.15) is 11.6 Å². The molecule has 17 heavy (non-hydrogen) atoms. The van der Waals surface area contributed by atoms with Crippen molar-refractivity contribution in [2.75, 3.05) is 7.11 Å². The third kappa shape index (κ3) is 3.84. The summed E-state index contributed by atoms with van der Waals surface area (Å²) >= 11 is 0. The topological polar surface area (TPSA) is 55.5 Å². The van der Waals surface area contributed by atoms with Crippen LogP contribution < -0.4 is 10.5 Å². The maximum atomic E-state index is 13.0. The summed E-state index contributed by atoms with van der Waals surface area (Å²) in [5, 5.41) is 9.86. The zero-order valence-electron chi connectivity index (χ0n) is 10.2. The van der Waals surface area contributed by atoms with E-state index in [1.54, 1.807) is 6.07 Å². The maximum Gasteiger partial charge on any atom is 0.126 e. The zero-order valence-corrected chi connectivity index (χ0v) is 11.0. The van der Waals surface area contributed by atoms with Crippen molar-refractivity contribution in [3.05, 3.63) is 29.6 Å². The van der Waals surface area contributed by atoms with Crippen molar-refractivity contribution in [3.8, 4) is 5.75 Å². The molecule has 0 saturated carbocycles. The van der Waals surface area contributed by atoms with Crippen molar-refractivity contribution >= 4 is 12.4 Å². The molecular formula is C12H19ClFNO2. The molecule has 0 heterocycles. The van der Waals surface area contributed by atoms with Crippen LogP contribution in [0.5, 0.6) is 5.75 Å². The predicted octanol–water partition coefficient (Wildman–Crippen LogP) is 2.27. The number of aliphatic hydroxyl groups is 1. The van der Waals surface area contributed by atoms with Gasteiger partial charge in [-0.3, -0.25) is 0 Å². The highest BCUT2D eigenvalue weighted by Gasteiger charge is 2.23. The van der Waals surface area contributed by atoms with Gasteiger partial charge in [0.2, 0.25) is 0 Å². The monoisotopic (exact) mass is 263 g/mol. The van der Waals surface area contributed by atoms with Gasteiger partial charge in [0, 0.05) is 11.6 Å². The summed E-state index contributed by atoms with van der Waals surface area (Å²) in [7, 11) is 1.45. The van der Waals surface area contributed by atoms with Crippen molar-refractivity contribution in [3.63, 3.8) is 0 Å². The smallest absolute Gasteiger partial charge is 0.126 e. The molecule has 1 aromatic carbocycles. The largest absolute Gasteiger partial charge is 0.496 e. The molecule has 1 aromatic rings. The minimum atomic E-state index is -0.681. The Balaban J connectivity index is 0.00000256. The molecule has 5 heteroatoms. The Hall–Kier alpha value is -0.840. The maximum absolute atomic E-state index is 13.0. The zero-order chi connectivity index (χ0) is 12.3. The lowest BCUT2D eigenvalue weighted by molar-refractivity contribution is 0.0969. The second-order valence-electron chi connectivity index (χ2n) is 4.15. The highest BCUT2D eigenvalue weighted by molar-refractivity contribution is 5.85. The number of rotatable bonds is 4. The molecule has 98 valence electrons. The van der Waals surface area contributed by atoms with Gasteiger partial charge >= 0.3 is 0 Å². The first-order valence-electron chi connectivity index (χ1n) is 5.24. The summed E-state index contributed by atoms with van der Waals surface area (Å²) < 4.78 is 18.0. The molecule has 0 saturated heterocycles. The predicted molar refractivity (Wildman–Crippen MR) is 68.0 cm³/mol. The molecule has 0 aliphatic carbocycles. The number of nitrogens with two attached hydrogens (primary N) is 1. The summed E-state index contributed by atoms with van der Waals surface area (Å²) in [6, 6.07) is 3.55. The first kappa shape index (κ1) is 16.2. The molecule has 3 N–H and O–H groups in total. The van der Waals surface area contributed by atoms with E-state index >= 15 is 0 Å². The molecule has 0 aromatic heterocycles. The highest BCUT2D eigenvalue weighted by atomic mass is 35.5. The molecule has 3 nitrogen and oxygen atoms in total. The summed E-state index contributed by atoms with van der Waals surface area (Å²) in [5.41, 5.74) is 6.53. The van der Waals surface area contributed by atoms with Crippen molar-refractivity contribution < 1.29 is 14.2 Å². The van der Waals surface area contributed by atoms with Crippen molar-refractivity contribution in [2.45, 2.75) is 26.0 Å². The van der Waals surface area contributed by atoms with E-state index in [0.717, 1.165) is 0 Å². The van der Waals surface area contributed by atoms with Gasteiger partial charge in [-0.2, -0.15) is 0 Å². The van der Waals surface area contributed by atoms with Gasteiger partial charge < -0.3 is 15.6 Å². The Bertz CT molecular complexity index is 360. The first-order chi connectivity index (χ1) is 7.47. The number of halogens is 2. The van der Waals surface area contributed by atoms with Crippen LogP contribution in [-0.4, -0.2) is 18.3 Å². The van der Waals surface area contributed by atoms with Crippen molar-refractivity contribution in [1.82, 2.24) is 0 Å². The van der Waals surface area contributed by atoms with E-state index in [1.807, 2.05) is 13.8 Å². The van der Waals surface area contributed by atoms with E-state index in [1.165, 1.54) is 19.2 Å². The van der Waals surface area contributed by atoms with Gasteiger partial charge in [-0.1, -0.05) is 19.9 Å². The molecule has 0 aliphatic rings. The summed E-state index contributed by atoms with van der Waals surface area (Å²) in [6.07, 6.45) is -0.681. The van der Waals surface area contributed by atoms with E-state index in [2.05, 4.69) is 0 Å². The number of hydrogen-bond acceptors (Lipinski definition) is 3. The minimum Gasteiger partial charge on any atom is -0.496 e. The Morgan fingerprint density at radius 3 is 2.41 bits per heavy atom. The molecular weight excluding hydrogens is 245 g/mol. The van der Waals surface area contributed by atoms with E-state index in [0.29, 0.717) is 11.3 Å². The van der Waals surface area contributed by atoms with Gasteiger partial charge in [0.05, 0.1) is 19.3 Å². The van der Waals surface area contributed by atoms with Crippen LogP contribution in [0.1, 0.15) is 25.5 Å². The molecule has 0 spiro atoms. The number of ether oxygens (including phenoxy) is 1. The lowest BCUT2D eigenvalue weighted by Gasteiger charge is -2.23. The normalized spacial score (nSPS) is 14.1. The van der Waals surface area contributed by atoms with Crippen LogP contribution in [0, 0.1) is 11.7 Å². The molecule has 1 rings (SSSR count). The van der Waals surface area contributed by atoms with E-state index in [9.17, 15) is 9.50 Å². The number of hydrogen-bond donors (Lipinski definition) is 2. The average molecular weight is 264 g/mol. The Labute approximate surface area is 107 Å². The molecule has 0 radical (unpaired) electrons. The first-order valence-corrected chi connectivity index (χ1v) is 5.24. The Morgan fingerprint density at radius 2 is 1.94 bits per heavy atom. The number of methoxy groups -OCH3 is 1. The van der Waals surface area contributed by atoms with Gasteiger partial charge in [0.15, 0.2) is 0 Å². The third-order valence-corrected chi connectivity index (χ3v) is 2.61. The van der Waals surface area contributed by atoms with Crippen molar-refractivity contribution in [1.29, 1.82) is 0 Å². The van der Waals surface area contributed by atoms with E-state index in [4.69, 9.17) is 10.5 Å². The molecule has 0 aliphatic heterocycles. The van der Waals surface area contributed by atoms with E-state index < -0.39 is 12.1 Å². The number of benzene rings is 1. The summed E-state index contributed by atoms with van der Waals surface area (Å²) in [4.78, 5) is 0. The highest BCUT2D eigenvalue weighted by Crippen LogP contribution is 2.28. The molecule has 0 bridgehead atoms. The second kappa shape index (κ2) is 6.79. The molecule has 0 unspecified atom stereocenters. The Morgan fingerprint density at radius 1 is 1.35 bits per heavy atom. The summed E-state index contributed by atoms with van der Waals surface area (Å²) in [6.45, 7) is 3.75. The molecule has 2 atom stereocenters. The van der Waals surface area contributed by atoms with Crippen LogP contribution in [0.25, 0.3) is 0 Å². The molecule has 0 amide bonds. The van der Waals surface area contributed by atoms with Crippen LogP contribution in [0.2, 0.25) is 0 Å². The van der Waals surface area contributed by atoms with Crippen LogP contribution in [-0.2, 0) is 0 Å². The van der Waals surface area contributed by atoms with Gasteiger partial charge in [0.25, 0.3) is 0 Å². The summed E-state index contributed by atoms with van der Waals surface area (Å²) in [5.74, 6) is 0.0174. The average Bonchev–Trinajstić information content (AvgIpc) is 2.26. The van der Waals surface area contributed by atoms with Gasteiger partial charge in [-0.15, -0.1) is 12.4 Å². The quantitative estimate of drug-likeness (QED) is 0.876. The van der Waals surface area contributed by atoms with Crippen LogP contribution in [0.4, 0.5) is 4.39 Å². The number of aliphatic hydroxyl groups excluding tert-OH is 1. The van der Waals surface area contributed by atoms with Crippen LogP contribution in [0.15, 0.2) is 18.2 Å². The lowest BCUT2D eigenvalue weighted by Crippen LogP contribution is -2.30. The molecule has 0 fully saturated rings. The fourth-order valence-corrected chi connectivity index (χ4v) is 1.56. The van der Waals surface area contributed by atoms with Gasteiger partial charge in [-0.25, -0.2) is 4.39 Å².